The van der Waals surface area contributed by atoms with Gasteiger partial charge in [0.1, 0.15) is 0 Å². The Morgan fingerprint density at radius 2 is 1.84 bits per heavy atom. The molecule has 6 heteroatoms. The van der Waals surface area contributed by atoms with Crippen molar-refractivity contribution in [2.24, 2.45) is 0 Å². The van der Waals surface area contributed by atoms with E-state index in [1.54, 1.807) is 6.92 Å². The number of carbonyl (C=O) groups is 1. The molecule has 0 aliphatic heterocycles. The molecule has 0 radical (unpaired) electrons. The maximum Gasteiger partial charge on any atom is 0.432 e. The number of benzene rings is 1. The van der Waals surface area contributed by atoms with Crippen LogP contribution in [0.1, 0.15) is 25.3 Å². The van der Waals surface area contributed by atoms with Gasteiger partial charge >= 0.3 is 12.1 Å². The molecule has 3 nitrogen and oxygen atoms in total. The van der Waals surface area contributed by atoms with Gasteiger partial charge in [-0.2, -0.15) is 13.2 Å². The van der Waals surface area contributed by atoms with Crippen molar-refractivity contribution in [3.63, 3.8) is 0 Å². The van der Waals surface area contributed by atoms with E-state index in [2.05, 4.69) is 4.74 Å². The van der Waals surface area contributed by atoms with Crippen molar-refractivity contribution in [2.45, 2.75) is 31.5 Å². The molecule has 19 heavy (non-hydrogen) atoms. The van der Waals surface area contributed by atoms with Crippen LogP contribution in [-0.2, 0) is 15.1 Å². The summed E-state index contributed by atoms with van der Waals surface area (Å²) in [5, 5.41) is 9.79. The van der Waals surface area contributed by atoms with Crippen LogP contribution in [-0.4, -0.2) is 23.9 Å². The second-order valence-corrected chi connectivity index (χ2v) is 4.06. The van der Waals surface area contributed by atoms with Gasteiger partial charge < -0.3 is 9.84 Å². The lowest BCUT2D eigenvalue weighted by Gasteiger charge is -2.28. The van der Waals surface area contributed by atoms with Crippen molar-refractivity contribution in [2.75, 3.05) is 6.61 Å². The van der Waals surface area contributed by atoms with E-state index >= 15 is 0 Å². The van der Waals surface area contributed by atoms with E-state index in [0.717, 1.165) is 12.1 Å². The Morgan fingerprint density at radius 3 is 2.32 bits per heavy atom. The normalized spacial score (nSPS) is 14.8. The van der Waals surface area contributed by atoms with Crippen LogP contribution in [0.2, 0.25) is 0 Å². The smallest absolute Gasteiger partial charge is 0.432 e. The molecule has 0 aromatic heterocycles. The Bertz CT molecular complexity index is 417. The largest absolute Gasteiger partial charge is 0.463 e. The van der Waals surface area contributed by atoms with Gasteiger partial charge in [-0.15, -0.1) is 0 Å². The maximum atomic E-state index is 13.0. The molecular weight excluding hydrogens is 261 g/mol. The predicted octanol–water partition coefficient (Wildman–Crippen LogP) is 2.78. The number of ether oxygens (including phenoxy) is 1. The summed E-state index contributed by atoms with van der Waals surface area (Å²) >= 11 is 0. The van der Waals surface area contributed by atoms with E-state index in [-0.39, 0.29) is 6.61 Å². The summed E-state index contributed by atoms with van der Waals surface area (Å²) < 4.78 is 43.5. The number of rotatable bonds is 5. The molecule has 1 aromatic rings. The van der Waals surface area contributed by atoms with Crippen LogP contribution in [0.5, 0.6) is 0 Å². The average Bonchev–Trinajstić information content (AvgIpc) is 2.37. The fourth-order valence-corrected chi connectivity index (χ4v) is 1.49. The molecular formula is C13H15F3O3. The average molecular weight is 276 g/mol. The van der Waals surface area contributed by atoms with Gasteiger partial charge in [-0.25, -0.2) is 4.79 Å². The van der Waals surface area contributed by atoms with Crippen molar-refractivity contribution in [1.29, 1.82) is 0 Å². The fourth-order valence-electron chi connectivity index (χ4n) is 1.49. The van der Waals surface area contributed by atoms with Gasteiger partial charge in [0.05, 0.1) is 6.61 Å². The lowest BCUT2D eigenvalue weighted by molar-refractivity contribution is -0.268. The summed E-state index contributed by atoms with van der Waals surface area (Å²) in [5.41, 5.74) is -4.17. The van der Waals surface area contributed by atoms with Crippen LogP contribution in [0.15, 0.2) is 30.3 Å². The van der Waals surface area contributed by atoms with Gasteiger partial charge in [0.15, 0.2) is 0 Å². The highest BCUT2D eigenvalue weighted by molar-refractivity contribution is 5.82. The summed E-state index contributed by atoms with van der Waals surface area (Å²) in [5.74, 6) is -1.69. The highest BCUT2D eigenvalue weighted by Gasteiger charge is 2.62. The van der Waals surface area contributed by atoms with Crippen molar-refractivity contribution < 1.29 is 27.8 Å². The molecule has 1 rings (SSSR count). The van der Waals surface area contributed by atoms with E-state index in [9.17, 15) is 23.1 Å². The topological polar surface area (TPSA) is 46.5 Å². The Morgan fingerprint density at radius 1 is 1.26 bits per heavy atom. The van der Waals surface area contributed by atoms with E-state index in [0.29, 0.717) is 12.8 Å². The first-order chi connectivity index (χ1) is 8.84. The van der Waals surface area contributed by atoms with Gasteiger partial charge in [-0.3, -0.25) is 0 Å². The van der Waals surface area contributed by atoms with E-state index < -0.39 is 23.3 Å². The number of hydrogen-bond acceptors (Lipinski definition) is 3. The van der Waals surface area contributed by atoms with Crippen molar-refractivity contribution in [1.82, 2.24) is 0 Å². The number of halogens is 3. The number of carbonyl (C=O) groups excluding carboxylic acids is 1. The molecule has 0 heterocycles. The number of esters is 1. The van der Waals surface area contributed by atoms with Gasteiger partial charge in [0, 0.05) is 5.56 Å². The minimum Gasteiger partial charge on any atom is -0.463 e. The molecule has 1 unspecified atom stereocenters. The van der Waals surface area contributed by atoms with Crippen molar-refractivity contribution in [3.8, 4) is 0 Å². The highest BCUT2D eigenvalue weighted by atomic mass is 19.4. The van der Waals surface area contributed by atoms with E-state index in [1.165, 1.54) is 18.2 Å². The van der Waals surface area contributed by atoms with Gasteiger partial charge in [-0.05, 0) is 6.42 Å². The Labute approximate surface area is 109 Å². The first kappa shape index (κ1) is 15.5. The zero-order valence-corrected chi connectivity index (χ0v) is 10.4. The third kappa shape index (κ3) is 3.26. The molecule has 0 fully saturated rings. The SMILES string of the molecule is CCCCOC(=O)C(O)(c1ccccc1)C(F)(F)F. The van der Waals surface area contributed by atoms with Crippen LogP contribution in [0, 0.1) is 0 Å². The first-order valence-corrected chi connectivity index (χ1v) is 5.86. The molecule has 0 spiro atoms. The molecule has 106 valence electrons. The molecule has 0 aliphatic carbocycles. The first-order valence-electron chi connectivity index (χ1n) is 5.86. The Kier molecular flexibility index (Phi) is 4.94. The van der Waals surface area contributed by atoms with Crippen LogP contribution < -0.4 is 0 Å². The van der Waals surface area contributed by atoms with Crippen molar-refractivity contribution >= 4 is 5.97 Å². The number of alkyl halides is 3. The zero-order chi connectivity index (χ0) is 14.5. The number of hydrogen-bond donors (Lipinski definition) is 1. The molecule has 0 aliphatic rings. The zero-order valence-electron chi connectivity index (χ0n) is 10.4. The maximum absolute atomic E-state index is 13.0. The summed E-state index contributed by atoms with van der Waals surface area (Å²) in [4.78, 5) is 11.6. The fraction of sp³-hybridized carbons (Fsp3) is 0.462. The molecule has 0 saturated carbocycles. The Balaban J connectivity index is 3.05. The molecule has 0 amide bonds. The number of aliphatic hydroxyl groups is 1. The second kappa shape index (κ2) is 6.06. The van der Waals surface area contributed by atoms with Crippen LogP contribution in [0.3, 0.4) is 0 Å². The van der Waals surface area contributed by atoms with Gasteiger partial charge in [-0.1, -0.05) is 43.7 Å². The van der Waals surface area contributed by atoms with Crippen LogP contribution in [0.4, 0.5) is 13.2 Å². The lowest BCUT2D eigenvalue weighted by Crippen LogP contribution is -2.50. The third-order valence-electron chi connectivity index (χ3n) is 2.63. The summed E-state index contributed by atoms with van der Waals surface area (Å²) in [6.07, 6.45) is -4.03. The molecule has 1 N–H and O–H groups in total. The minimum absolute atomic E-state index is 0.152. The number of unbranched alkanes of at least 4 members (excludes halogenated alkanes) is 1. The second-order valence-electron chi connectivity index (χ2n) is 4.06. The van der Waals surface area contributed by atoms with E-state index in [4.69, 9.17) is 0 Å². The summed E-state index contributed by atoms with van der Waals surface area (Å²) in [6, 6.07) is 6.18. The standard InChI is InChI=1S/C13H15F3O3/c1-2-3-9-19-11(17)12(18,13(14,15)16)10-7-5-4-6-8-10/h4-8,18H,2-3,9H2,1H3. The van der Waals surface area contributed by atoms with E-state index in [1.807, 2.05) is 0 Å². The molecule has 0 bridgehead atoms. The summed E-state index contributed by atoms with van der Waals surface area (Å²) in [7, 11) is 0. The van der Waals surface area contributed by atoms with Crippen LogP contribution >= 0.6 is 0 Å². The molecule has 1 aromatic carbocycles. The van der Waals surface area contributed by atoms with Crippen LogP contribution in [0.25, 0.3) is 0 Å². The lowest BCUT2D eigenvalue weighted by atomic mass is 9.93. The Hall–Kier alpha value is -1.56. The van der Waals surface area contributed by atoms with Crippen molar-refractivity contribution in [3.05, 3.63) is 35.9 Å². The predicted molar refractivity (Wildman–Crippen MR) is 62.3 cm³/mol. The minimum atomic E-state index is -5.14. The summed E-state index contributed by atoms with van der Waals surface area (Å²) in [6.45, 7) is 1.65. The monoisotopic (exact) mass is 276 g/mol. The third-order valence-corrected chi connectivity index (χ3v) is 2.63. The van der Waals surface area contributed by atoms with Gasteiger partial charge in [0.2, 0.25) is 0 Å². The molecule has 1 atom stereocenters. The molecule has 0 saturated heterocycles. The quantitative estimate of drug-likeness (QED) is 0.664. The highest BCUT2D eigenvalue weighted by Crippen LogP contribution is 2.39. The van der Waals surface area contributed by atoms with Gasteiger partial charge in [0.25, 0.3) is 5.60 Å².